The summed E-state index contributed by atoms with van der Waals surface area (Å²) < 4.78 is 51.0. The van der Waals surface area contributed by atoms with Crippen LogP contribution in [-0.4, -0.2) is 6.54 Å². The largest absolute Gasteiger partial charge is 0.416 e. The Labute approximate surface area is 111 Å². The number of alkyl halides is 3. The van der Waals surface area contributed by atoms with Crippen LogP contribution in [0.3, 0.4) is 0 Å². The molecule has 5 heteroatoms. The highest BCUT2D eigenvalue weighted by molar-refractivity contribution is 5.30. The first kappa shape index (κ1) is 16.0. The zero-order chi connectivity index (χ0) is 14.3. The molecule has 0 aliphatic carbocycles. The van der Waals surface area contributed by atoms with Crippen LogP contribution in [0.1, 0.15) is 43.7 Å². The van der Waals surface area contributed by atoms with Crippen LogP contribution in [0.25, 0.3) is 0 Å². The molecule has 0 aliphatic heterocycles. The lowest BCUT2D eigenvalue weighted by Gasteiger charge is -2.13. The summed E-state index contributed by atoms with van der Waals surface area (Å²) in [5, 5.41) is 2.97. The Bertz CT molecular complexity index is 388. The zero-order valence-electron chi connectivity index (χ0n) is 11.0. The van der Waals surface area contributed by atoms with Crippen LogP contribution in [0, 0.1) is 5.82 Å². The molecule has 0 aliphatic rings. The van der Waals surface area contributed by atoms with Gasteiger partial charge in [-0.1, -0.05) is 32.3 Å². The van der Waals surface area contributed by atoms with E-state index in [1.807, 2.05) is 0 Å². The molecule has 108 valence electrons. The highest BCUT2D eigenvalue weighted by Crippen LogP contribution is 2.32. The topological polar surface area (TPSA) is 12.0 Å². The number of halogens is 4. The van der Waals surface area contributed by atoms with Gasteiger partial charge in [-0.2, -0.15) is 13.2 Å². The van der Waals surface area contributed by atoms with Crippen molar-refractivity contribution < 1.29 is 17.6 Å². The summed E-state index contributed by atoms with van der Waals surface area (Å²) in [6, 6.07) is 2.80. The van der Waals surface area contributed by atoms with Gasteiger partial charge in [0.1, 0.15) is 5.82 Å². The predicted octanol–water partition coefficient (Wildman–Crippen LogP) is 4.51. The van der Waals surface area contributed by atoms with E-state index in [9.17, 15) is 17.6 Å². The first-order chi connectivity index (χ1) is 8.95. The van der Waals surface area contributed by atoms with Crippen LogP contribution >= 0.6 is 0 Å². The molecule has 0 unspecified atom stereocenters. The van der Waals surface area contributed by atoms with Crippen molar-refractivity contribution in [1.82, 2.24) is 5.32 Å². The summed E-state index contributed by atoms with van der Waals surface area (Å²) in [5.74, 6) is -0.862. The molecule has 1 aromatic rings. The third-order valence-corrected chi connectivity index (χ3v) is 2.90. The Morgan fingerprint density at radius 2 is 1.84 bits per heavy atom. The smallest absolute Gasteiger partial charge is 0.313 e. The molecule has 0 atom stereocenters. The van der Waals surface area contributed by atoms with Crippen molar-refractivity contribution in [3.63, 3.8) is 0 Å². The van der Waals surface area contributed by atoms with Crippen LogP contribution in [0.5, 0.6) is 0 Å². The second-order valence-corrected chi connectivity index (χ2v) is 4.54. The normalized spacial score (nSPS) is 11.8. The molecule has 0 fully saturated rings. The van der Waals surface area contributed by atoms with E-state index >= 15 is 0 Å². The minimum absolute atomic E-state index is 0.0874. The molecular weight excluding hydrogens is 258 g/mol. The highest BCUT2D eigenvalue weighted by Gasteiger charge is 2.33. The summed E-state index contributed by atoms with van der Waals surface area (Å²) >= 11 is 0. The van der Waals surface area contributed by atoms with Crippen LogP contribution in [0.15, 0.2) is 18.2 Å². The van der Waals surface area contributed by atoms with Crippen molar-refractivity contribution in [1.29, 1.82) is 0 Å². The molecule has 0 saturated carbocycles. The van der Waals surface area contributed by atoms with E-state index in [1.165, 1.54) is 6.07 Å². The molecule has 0 radical (unpaired) electrons. The molecule has 19 heavy (non-hydrogen) atoms. The van der Waals surface area contributed by atoms with E-state index in [1.54, 1.807) is 0 Å². The zero-order valence-corrected chi connectivity index (χ0v) is 11.0. The third-order valence-electron chi connectivity index (χ3n) is 2.90. The average molecular weight is 277 g/mol. The molecule has 0 heterocycles. The first-order valence-electron chi connectivity index (χ1n) is 6.51. The third kappa shape index (κ3) is 5.59. The molecule has 1 aromatic carbocycles. The predicted molar refractivity (Wildman–Crippen MR) is 67.3 cm³/mol. The summed E-state index contributed by atoms with van der Waals surface area (Å²) in [7, 11) is 0. The number of benzene rings is 1. The van der Waals surface area contributed by atoms with Gasteiger partial charge in [0.25, 0.3) is 0 Å². The summed E-state index contributed by atoms with van der Waals surface area (Å²) in [5.41, 5.74) is -0.807. The van der Waals surface area contributed by atoms with E-state index < -0.39 is 17.6 Å². The van der Waals surface area contributed by atoms with E-state index in [0.29, 0.717) is 12.6 Å². The molecule has 0 bridgehead atoms. The second kappa shape index (κ2) is 7.48. The van der Waals surface area contributed by atoms with Gasteiger partial charge in [-0.25, -0.2) is 4.39 Å². The quantitative estimate of drug-likeness (QED) is 0.571. The minimum Gasteiger partial charge on any atom is -0.313 e. The minimum atomic E-state index is -4.51. The number of hydrogen-bond acceptors (Lipinski definition) is 1. The van der Waals surface area contributed by atoms with Crippen LogP contribution in [0.2, 0.25) is 0 Å². The van der Waals surface area contributed by atoms with Gasteiger partial charge in [0.05, 0.1) is 5.56 Å². The summed E-state index contributed by atoms with van der Waals surface area (Å²) in [6.07, 6.45) is -0.251. The molecule has 1 N–H and O–H groups in total. The van der Waals surface area contributed by atoms with Crippen molar-refractivity contribution in [3.05, 3.63) is 35.1 Å². The van der Waals surface area contributed by atoms with Gasteiger partial charge < -0.3 is 5.32 Å². The second-order valence-electron chi connectivity index (χ2n) is 4.54. The van der Waals surface area contributed by atoms with Gasteiger partial charge in [0, 0.05) is 6.54 Å². The molecule has 1 rings (SSSR count). The van der Waals surface area contributed by atoms with Gasteiger partial charge >= 0.3 is 6.18 Å². The molecule has 0 spiro atoms. The van der Waals surface area contributed by atoms with E-state index in [0.717, 1.165) is 31.7 Å². The Hall–Kier alpha value is -1.10. The molecule has 0 amide bonds. The lowest BCUT2D eigenvalue weighted by atomic mass is 10.1. The number of hydrogen-bond donors (Lipinski definition) is 1. The van der Waals surface area contributed by atoms with Crippen molar-refractivity contribution in [2.45, 2.75) is 45.3 Å². The molecule has 0 aromatic heterocycles. The van der Waals surface area contributed by atoms with Crippen molar-refractivity contribution in [3.8, 4) is 0 Å². The maximum Gasteiger partial charge on any atom is 0.416 e. The van der Waals surface area contributed by atoms with Crippen molar-refractivity contribution in [2.75, 3.05) is 6.54 Å². The average Bonchev–Trinajstić information content (AvgIpc) is 2.34. The fourth-order valence-corrected chi connectivity index (χ4v) is 1.87. The van der Waals surface area contributed by atoms with Crippen LogP contribution in [0.4, 0.5) is 17.6 Å². The lowest BCUT2D eigenvalue weighted by Crippen LogP contribution is -2.18. The fraction of sp³-hybridized carbons (Fsp3) is 0.571. The van der Waals surface area contributed by atoms with Crippen LogP contribution < -0.4 is 5.32 Å². The Balaban J connectivity index is 2.54. The van der Waals surface area contributed by atoms with Gasteiger partial charge in [-0.15, -0.1) is 0 Å². The van der Waals surface area contributed by atoms with Gasteiger partial charge in [-0.3, -0.25) is 0 Å². The number of rotatable bonds is 7. The monoisotopic (exact) mass is 277 g/mol. The maximum atomic E-state index is 12.9. The van der Waals surface area contributed by atoms with E-state index in [-0.39, 0.29) is 12.1 Å². The van der Waals surface area contributed by atoms with Crippen LogP contribution in [-0.2, 0) is 12.7 Å². The standard InChI is InChI=1S/C14H19F4N/c1-2-3-4-5-8-19-10-11-6-7-12(15)9-13(11)14(16,17)18/h6-7,9,19H,2-5,8,10H2,1H3. The SMILES string of the molecule is CCCCCCNCc1ccc(F)cc1C(F)(F)F. The molecule has 1 nitrogen and oxygen atoms in total. The lowest BCUT2D eigenvalue weighted by molar-refractivity contribution is -0.138. The number of nitrogens with one attached hydrogen (secondary N) is 1. The van der Waals surface area contributed by atoms with E-state index in [2.05, 4.69) is 12.2 Å². The molecular formula is C14H19F4N. The fourth-order valence-electron chi connectivity index (χ4n) is 1.87. The maximum absolute atomic E-state index is 12.9. The number of unbranched alkanes of at least 4 members (excludes halogenated alkanes) is 3. The Morgan fingerprint density at radius 1 is 1.11 bits per heavy atom. The summed E-state index contributed by atoms with van der Waals surface area (Å²) in [6.45, 7) is 2.89. The van der Waals surface area contributed by atoms with Crippen molar-refractivity contribution in [2.24, 2.45) is 0 Å². The van der Waals surface area contributed by atoms with Crippen molar-refractivity contribution >= 4 is 0 Å². The van der Waals surface area contributed by atoms with Gasteiger partial charge in [-0.05, 0) is 30.7 Å². The summed E-state index contributed by atoms with van der Waals surface area (Å²) in [4.78, 5) is 0. The van der Waals surface area contributed by atoms with Gasteiger partial charge in [0.2, 0.25) is 0 Å². The molecule has 0 saturated heterocycles. The Kier molecular flexibility index (Phi) is 6.28. The highest BCUT2D eigenvalue weighted by atomic mass is 19.4. The van der Waals surface area contributed by atoms with E-state index in [4.69, 9.17) is 0 Å². The first-order valence-corrected chi connectivity index (χ1v) is 6.51. The Morgan fingerprint density at radius 3 is 2.47 bits per heavy atom. The van der Waals surface area contributed by atoms with Gasteiger partial charge in [0.15, 0.2) is 0 Å².